The maximum atomic E-state index is 13.3. The minimum Gasteiger partial charge on any atom is -0.337 e. The van der Waals surface area contributed by atoms with Crippen molar-refractivity contribution in [3.63, 3.8) is 0 Å². The number of aryl methyl sites for hydroxylation is 2. The molecule has 0 saturated carbocycles. The summed E-state index contributed by atoms with van der Waals surface area (Å²) in [5, 5.41) is 4.60. The number of benzene rings is 2. The third-order valence-corrected chi connectivity index (χ3v) is 4.87. The third kappa shape index (κ3) is 3.74. The second-order valence-electron chi connectivity index (χ2n) is 7.16. The van der Waals surface area contributed by atoms with E-state index in [0.717, 1.165) is 16.7 Å². The summed E-state index contributed by atoms with van der Waals surface area (Å²) in [6, 6.07) is 15.8. The van der Waals surface area contributed by atoms with E-state index in [4.69, 9.17) is 4.52 Å². The summed E-state index contributed by atoms with van der Waals surface area (Å²) in [4.78, 5) is 19.4. The van der Waals surface area contributed by atoms with E-state index in [-0.39, 0.29) is 11.7 Å². The van der Waals surface area contributed by atoms with Crippen molar-refractivity contribution in [3.8, 4) is 11.3 Å². The summed E-state index contributed by atoms with van der Waals surface area (Å²) >= 11 is 0. The van der Waals surface area contributed by atoms with E-state index in [1.54, 1.807) is 37.1 Å². The van der Waals surface area contributed by atoms with Gasteiger partial charge in [0.2, 0.25) is 0 Å². The van der Waals surface area contributed by atoms with Crippen molar-refractivity contribution in [2.75, 3.05) is 7.05 Å². The predicted molar refractivity (Wildman–Crippen MR) is 109 cm³/mol. The van der Waals surface area contributed by atoms with E-state index in [1.807, 2.05) is 31.2 Å². The van der Waals surface area contributed by atoms with Crippen LogP contribution in [0.2, 0.25) is 0 Å². The highest BCUT2D eigenvalue weighted by Gasteiger charge is 2.22. The predicted octanol–water partition coefficient (Wildman–Crippen LogP) is 4.92. The molecule has 4 aromatic rings. The van der Waals surface area contributed by atoms with Gasteiger partial charge in [-0.3, -0.25) is 4.79 Å². The molecule has 0 radical (unpaired) electrons. The van der Waals surface area contributed by atoms with Crippen molar-refractivity contribution in [1.29, 1.82) is 0 Å². The van der Waals surface area contributed by atoms with Crippen LogP contribution in [0.3, 0.4) is 0 Å². The molecule has 0 N–H and O–H groups in total. The van der Waals surface area contributed by atoms with Crippen LogP contribution in [0.15, 0.2) is 59.1 Å². The molecule has 2 heterocycles. The zero-order valence-electron chi connectivity index (χ0n) is 16.4. The lowest BCUT2D eigenvalue weighted by Crippen LogP contribution is -2.26. The van der Waals surface area contributed by atoms with Crippen LogP contribution in [-0.2, 0) is 6.54 Å². The Morgan fingerprint density at radius 3 is 2.45 bits per heavy atom. The van der Waals surface area contributed by atoms with Crippen molar-refractivity contribution in [3.05, 3.63) is 82.8 Å². The first-order valence-corrected chi connectivity index (χ1v) is 9.26. The van der Waals surface area contributed by atoms with Gasteiger partial charge in [0.1, 0.15) is 5.82 Å². The Hall–Kier alpha value is -3.54. The molecule has 4 rings (SSSR count). The zero-order valence-corrected chi connectivity index (χ0v) is 16.4. The minimum absolute atomic E-state index is 0.179. The molecular formula is C23H20FN3O2. The molecule has 0 spiro atoms. The van der Waals surface area contributed by atoms with Gasteiger partial charge >= 0.3 is 0 Å². The van der Waals surface area contributed by atoms with E-state index >= 15 is 0 Å². The highest BCUT2D eigenvalue weighted by Crippen LogP contribution is 2.28. The minimum atomic E-state index is -0.304. The molecule has 0 aliphatic heterocycles. The fraction of sp³-hybridized carbons (Fsp3) is 0.174. The number of carbonyl (C=O) groups excluding carboxylic acids is 1. The molecule has 0 saturated heterocycles. The molecule has 6 heteroatoms. The smallest absolute Gasteiger partial charge is 0.259 e. The summed E-state index contributed by atoms with van der Waals surface area (Å²) in [6.45, 7) is 4.16. The van der Waals surface area contributed by atoms with Gasteiger partial charge in [-0.25, -0.2) is 9.37 Å². The molecule has 0 fully saturated rings. The Balaban J connectivity index is 1.74. The molecule has 29 heavy (non-hydrogen) atoms. The van der Waals surface area contributed by atoms with Crippen molar-refractivity contribution in [1.82, 2.24) is 15.0 Å². The van der Waals surface area contributed by atoms with Crippen LogP contribution >= 0.6 is 0 Å². The van der Waals surface area contributed by atoms with Crippen LogP contribution < -0.4 is 0 Å². The Labute approximate surface area is 167 Å². The van der Waals surface area contributed by atoms with Crippen molar-refractivity contribution >= 4 is 17.0 Å². The molecule has 146 valence electrons. The maximum Gasteiger partial charge on any atom is 0.259 e. The second-order valence-corrected chi connectivity index (χ2v) is 7.16. The van der Waals surface area contributed by atoms with Gasteiger partial charge in [0, 0.05) is 19.2 Å². The first kappa shape index (κ1) is 18.8. The monoisotopic (exact) mass is 389 g/mol. The largest absolute Gasteiger partial charge is 0.337 e. The summed E-state index contributed by atoms with van der Waals surface area (Å²) in [5.74, 6) is -0.484. The number of hydrogen-bond acceptors (Lipinski definition) is 4. The van der Waals surface area contributed by atoms with E-state index in [9.17, 15) is 9.18 Å². The lowest BCUT2D eigenvalue weighted by atomic mass is 10.0. The van der Waals surface area contributed by atoms with E-state index in [1.165, 1.54) is 12.1 Å². The topological polar surface area (TPSA) is 59.2 Å². The number of fused-ring (bicyclic) bond motifs is 1. The zero-order chi connectivity index (χ0) is 20.5. The number of carbonyl (C=O) groups is 1. The van der Waals surface area contributed by atoms with Gasteiger partial charge in [-0.2, -0.15) is 0 Å². The number of nitrogens with zero attached hydrogens (tertiary/aromatic N) is 3. The molecule has 0 aliphatic rings. The van der Waals surface area contributed by atoms with Gasteiger partial charge in [0.15, 0.2) is 0 Å². The molecule has 0 atom stereocenters. The lowest BCUT2D eigenvalue weighted by Gasteiger charge is -2.18. The average molecular weight is 389 g/mol. The van der Waals surface area contributed by atoms with Crippen LogP contribution in [0, 0.1) is 19.7 Å². The number of aromatic nitrogens is 2. The molecular weight excluding hydrogens is 369 g/mol. The molecule has 0 bridgehead atoms. The number of pyridine rings is 1. The van der Waals surface area contributed by atoms with Gasteiger partial charge in [0.25, 0.3) is 11.6 Å². The van der Waals surface area contributed by atoms with Crippen LogP contribution in [-0.4, -0.2) is 28.0 Å². The Morgan fingerprint density at radius 1 is 1.07 bits per heavy atom. The summed E-state index contributed by atoms with van der Waals surface area (Å²) < 4.78 is 18.5. The van der Waals surface area contributed by atoms with Crippen molar-refractivity contribution < 1.29 is 13.7 Å². The maximum absolute atomic E-state index is 13.3. The molecule has 0 aliphatic carbocycles. The first-order chi connectivity index (χ1) is 13.9. The van der Waals surface area contributed by atoms with Gasteiger partial charge < -0.3 is 9.42 Å². The Bertz CT molecular complexity index is 1180. The number of rotatable bonds is 4. The number of amides is 1. The van der Waals surface area contributed by atoms with Crippen molar-refractivity contribution in [2.45, 2.75) is 20.4 Å². The van der Waals surface area contributed by atoms with E-state index in [2.05, 4.69) is 10.1 Å². The second kappa shape index (κ2) is 7.47. The third-order valence-electron chi connectivity index (χ3n) is 4.87. The average Bonchev–Trinajstić information content (AvgIpc) is 3.10. The van der Waals surface area contributed by atoms with Gasteiger partial charge in [0.05, 0.1) is 22.3 Å². The van der Waals surface area contributed by atoms with E-state index < -0.39 is 0 Å². The van der Waals surface area contributed by atoms with Gasteiger partial charge in [-0.1, -0.05) is 47.1 Å². The molecule has 2 aromatic heterocycles. The van der Waals surface area contributed by atoms with Crippen LogP contribution in [0.25, 0.3) is 22.4 Å². The first-order valence-electron chi connectivity index (χ1n) is 9.26. The molecule has 5 nitrogen and oxygen atoms in total. The molecule has 2 aromatic carbocycles. The Morgan fingerprint density at radius 2 is 1.76 bits per heavy atom. The van der Waals surface area contributed by atoms with Crippen LogP contribution in [0.4, 0.5) is 4.39 Å². The Kier molecular flexibility index (Phi) is 4.84. The van der Waals surface area contributed by atoms with Gasteiger partial charge in [-0.05, 0) is 37.6 Å². The number of halogens is 1. The highest BCUT2D eigenvalue weighted by molar-refractivity contribution is 6.06. The quantitative estimate of drug-likeness (QED) is 0.497. The molecule has 0 unspecified atom stereocenters. The van der Waals surface area contributed by atoms with Gasteiger partial charge in [-0.15, -0.1) is 0 Å². The van der Waals surface area contributed by atoms with Crippen LogP contribution in [0.5, 0.6) is 0 Å². The SMILES string of the molecule is Cc1ccc(-c2cc(C(=O)N(C)Cc3ccc(F)cc3)c3c(C)noc3n2)cc1. The summed E-state index contributed by atoms with van der Waals surface area (Å²) in [6.07, 6.45) is 0. The van der Waals surface area contributed by atoms with Crippen molar-refractivity contribution in [2.24, 2.45) is 0 Å². The highest BCUT2D eigenvalue weighted by atomic mass is 19.1. The normalized spacial score (nSPS) is 11.0. The van der Waals surface area contributed by atoms with Crippen LogP contribution in [0.1, 0.15) is 27.2 Å². The number of hydrogen-bond donors (Lipinski definition) is 0. The standard InChI is InChI=1S/C23H20FN3O2/c1-14-4-8-17(9-5-14)20-12-19(21-15(2)26-29-22(21)25-20)23(28)27(3)13-16-6-10-18(24)11-7-16/h4-12H,13H2,1-3H3. The van der Waals surface area contributed by atoms with E-state index in [0.29, 0.717) is 34.6 Å². The summed E-state index contributed by atoms with van der Waals surface area (Å²) in [5.41, 5.74) is 4.94. The fourth-order valence-corrected chi connectivity index (χ4v) is 3.28. The fourth-order valence-electron chi connectivity index (χ4n) is 3.28. The lowest BCUT2D eigenvalue weighted by molar-refractivity contribution is 0.0787. The molecule has 1 amide bonds. The summed E-state index contributed by atoms with van der Waals surface area (Å²) in [7, 11) is 1.71.